The summed E-state index contributed by atoms with van der Waals surface area (Å²) in [4.78, 5) is 0. The van der Waals surface area contributed by atoms with Gasteiger partial charge in [0, 0.05) is 24.0 Å². The van der Waals surface area contributed by atoms with Crippen LogP contribution in [-0.2, 0) is 21.9 Å². The van der Waals surface area contributed by atoms with Crippen LogP contribution in [0, 0.1) is 13.8 Å². The molecule has 1 saturated heterocycles. The lowest BCUT2D eigenvalue weighted by Crippen LogP contribution is -2.31. The Morgan fingerprint density at radius 2 is 2.13 bits per heavy atom. The second kappa shape index (κ2) is 5.67. The summed E-state index contributed by atoms with van der Waals surface area (Å²) in [6.45, 7) is 6.80. The lowest BCUT2D eigenvalue weighted by molar-refractivity contribution is 0.328. The zero-order valence-electron chi connectivity index (χ0n) is 13.8. The molecule has 0 saturated carbocycles. The van der Waals surface area contributed by atoms with Gasteiger partial charge in [0.05, 0.1) is 23.2 Å². The molecule has 1 aliphatic rings. The number of nitrogens with zero attached hydrogens (tertiary/aromatic N) is 2. The van der Waals surface area contributed by atoms with E-state index in [1.54, 1.807) is 0 Å². The Bertz CT molecular complexity index is 826. The Labute approximate surface area is 137 Å². The lowest BCUT2D eigenvalue weighted by atomic mass is 10.0. The van der Waals surface area contributed by atoms with E-state index in [0.29, 0.717) is 13.0 Å². The predicted molar refractivity (Wildman–Crippen MR) is 92.4 cm³/mol. The summed E-state index contributed by atoms with van der Waals surface area (Å²) in [6.07, 6.45) is 4.39. The fourth-order valence-electron chi connectivity index (χ4n) is 3.13. The zero-order valence-corrected chi connectivity index (χ0v) is 14.7. The second-order valence-electron chi connectivity index (χ2n) is 6.80. The van der Waals surface area contributed by atoms with E-state index in [2.05, 4.69) is 42.5 Å². The van der Waals surface area contributed by atoms with E-state index >= 15 is 0 Å². The van der Waals surface area contributed by atoms with Gasteiger partial charge in [-0.25, -0.2) is 8.42 Å². The van der Waals surface area contributed by atoms with E-state index in [4.69, 9.17) is 0 Å². The third-order valence-corrected chi connectivity index (χ3v) is 6.42. The largest absolute Gasteiger partial charge is 0.381 e. The fraction of sp³-hybridized carbons (Fsp3) is 0.471. The molecule has 0 bridgehead atoms. The summed E-state index contributed by atoms with van der Waals surface area (Å²) in [7, 11) is -2.93. The number of hydrogen-bond donors (Lipinski definition) is 1. The molecule has 1 atom stereocenters. The molecule has 0 spiro atoms. The van der Waals surface area contributed by atoms with Crippen molar-refractivity contribution >= 4 is 15.5 Å². The van der Waals surface area contributed by atoms with Crippen molar-refractivity contribution < 1.29 is 8.42 Å². The van der Waals surface area contributed by atoms with Crippen molar-refractivity contribution in [3.63, 3.8) is 0 Å². The van der Waals surface area contributed by atoms with Crippen LogP contribution < -0.4 is 5.32 Å². The van der Waals surface area contributed by atoms with E-state index in [-0.39, 0.29) is 11.5 Å². The molecule has 0 unspecified atom stereocenters. The molecule has 1 N–H and O–H groups in total. The van der Waals surface area contributed by atoms with Gasteiger partial charge in [0.25, 0.3) is 0 Å². The number of benzene rings is 1. The van der Waals surface area contributed by atoms with Gasteiger partial charge in [0.2, 0.25) is 0 Å². The molecule has 0 amide bonds. The third kappa shape index (κ3) is 3.42. The maximum Gasteiger partial charge on any atom is 0.152 e. The van der Waals surface area contributed by atoms with Gasteiger partial charge in [-0.05, 0) is 38.8 Å². The van der Waals surface area contributed by atoms with Gasteiger partial charge in [0.15, 0.2) is 9.84 Å². The minimum absolute atomic E-state index is 0.172. The Morgan fingerprint density at radius 3 is 2.78 bits per heavy atom. The molecule has 3 rings (SSSR count). The van der Waals surface area contributed by atoms with Crippen LogP contribution >= 0.6 is 0 Å². The average Bonchev–Trinajstić information content (AvgIpc) is 3.04. The van der Waals surface area contributed by atoms with Crippen molar-refractivity contribution in [1.29, 1.82) is 0 Å². The van der Waals surface area contributed by atoms with Crippen molar-refractivity contribution in [1.82, 2.24) is 9.78 Å². The van der Waals surface area contributed by atoms with E-state index in [1.165, 1.54) is 11.1 Å². The first-order valence-corrected chi connectivity index (χ1v) is 9.65. The molecule has 1 fully saturated rings. The van der Waals surface area contributed by atoms with Gasteiger partial charge in [0.1, 0.15) is 0 Å². The Balaban J connectivity index is 1.70. The van der Waals surface area contributed by atoms with E-state index in [0.717, 1.165) is 11.3 Å². The molecule has 5 nitrogen and oxygen atoms in total. The van der Waals surface area contributed by atoms with Crippen LogP contribution in [0.15, 0.2) is 30.6 Å². The molecule has 2 aromatic rings. The minimum atomic E-state index is -2.93. The SMILES string of the molecule is Cc1ccc(NCc2cnn([C@]3(C)CCS(=O)(=O)C3)c2)c(C)c1. The summed E-state index contributed by atoms with van der Waals surface area (Å²) in [5, 5.41) is 7.81. The topological polar surface area (TPSA) is 64.0 Å². The molecule has 23 heavy (non-hydrogen) atoms. The van der Waals surface area contributed by atoms with Gasteiger partial charge in [-0.2, -0.15) is 5.10 Å². The number of aryl methyl sites for hydroxylation is 2. The summed E-state index contributed by atoms with van der Waals surface area (Å²) in [5.74, 6) is 0.422. The average molecular weight is 333 g/mol. The Kier molecular flexibility index (Phi) is 3.96. The van der Waals surface area contributed by atoms with Crippen LogP contribution in [0.5, 0.6) is 0 Å². The first kappa shape index (κ1) is 16.1. The second-order valence-corrected chi connectivity index (χ2v) is 8.99. The highest BCUT2D eigenvalue weighted by molar-refractivity contribution is 7.91. The van der Waals surface area contributed by atoms with Crippen LogP contribution in [0.25, 0.3) is 0 Å². The van der Waals surface area contributed by atoms with E-state index < -0.39 is 15.4 Å². The number of hydrogen-bond acceptors (Lipinski definition) is 4. The zero-order chi connectivity index (χ0) is 16.7. The van der Waals surface area contributed by atoms with Crippen molar-refractivity contribution in [3.05, 3.63) is 47.3 Å². The predicted octanol–water partition coefficient (Wildman–Crippen LogP) is 2.65. The smallest absolute Gasteiger partial charge is 0.152 e. The molecule has 1 aromatic heterocycles. The fourth-order valence-corrected chi connectivity index (χ4v) is 5.25. The van der Waals surface area contributed by atoms with E-state index in [9.17, 15) is 8.42 Å². The van der Waals surface area contributed by atoms with Gasteiger partial charge in [-0.3, -0.25) is 4.68 Å². The monoisotopic (exact) mass is 333 g/mol. The summed E-state index contributed by atoms with van der Waals surface area (Å²) >= 11 is 0. The van der Waals surface area contributed by atoms with Gasteiger partial charge in [-0.15, -0.1) is 0 Å². The summed E-state index contributed by atoms with van der Waals surface area (Å²) in [6, 6.07) is 6.32. The first-order valence-electron chi connectivity index (χ1n) is 7.83. The molecule has 2 heterocycles. The molecule has 0 aliphatic carbocycles. The first-order chi connectivity index (χ1) is 10.8. The molecule has 124 valence electrons. The van der Waals surface area contributed by atoms with Crippen molar-refractivity contribution in [2.75, 3.05) is 16.8 Å². The normalized spacial score (nSPS) is 23.1. The number of nitrogens with one attached hydrogen (secondary N) is 1. The summed E-state index contributed by atoms with van der Waals surface area (Å²) in [5.41, 5.74) is 4.20. The lowest BCUT2D eigenvalue weighted by Gasteiger charge is -2.22. The highest BCUT2D eigenvalue weighted by Gasteiger charge is 2.40. The molecule has 0 radical (unpaired) electrons. The van der Waals surface area contributed by atoms with Crippen LogP contribution in [0.3, 0.4) is 0 Å². The van der Waals surface area contributed by atoms with Crippen LogP contribution in [0.4, 0.5) is 5.69 Å². The minimum Gasteiger partial charge on any atom is -0.381 e. The number of anilines is 1. The van der Waals surface area contributed by atoms with Gasteiger partial charge >= 0.3 is 0 Å². The van der Waals surface area contributed by atoms with Gasteiger partial charge < -0.3 is 5.32 Å². The maximum absolute atomic E-state index is 11.7. The molecule has 6 heteroatoms. The Hall–Kier alpha value is -1.82. The quantitative estimate of drug-likeness (QED) is 0.934. The Morgan fingerprint density at radius 1 is 1.35 bits per heavy atom. The number of sulfone groups is 1. The summed E-state index contributed by atoms with van der Waals surface area (Å²) < 4.78 is 25.3. The van der Waals surface area contributed by atoms with Crippen molar-refractivity contribution in [2.24, 2.45) is 0 Å². The highest BCUT2D eigenvalue weighted by atomic mass is 32.2. The van der Waals surface area contributed by atoms with Crippen molar-refractivity contribution in [2.45, 2.75) is 39.3 Å². The van der Waals surface area contributed by atoms with Crippen LogP contribution in [0.1, 0.15) is 30.0 Å². The number of rotatable bonds is 4. The van der Waals surface area contributed by atoms with Gasteiger partial charge in [-0.1, -0.05) is 17.7 Å². The maximum atomic E-state index is 11.7. The standard InChI is InChI=1S/C17H23N3O2S/c1-13-4-5-16(14(2)8-13)18-9-15-10-19-20(11-15)17(3)6-7-23(21,22)12-17/h4-5,8,10-11,18H,6-7,9,12H2,1-3H3/t17-/m1/s1. The van der Waals surface area contributed by atoms with Crippen molar-refractivity contribution in [3.8, 4) is 0 Å². The molecular formula is C17H23N3O2S. The molecule has 1 aromatic carbocycles. The molecule has 1 aliphatic heterocycles. The van der Waals surface area contributed by atoms with E-state index in [1.807, 2.05) is 24.0 Å². The van der Waals surface area contributed by atoms with Crippen LogP contribution in [0.2, 0.25) is 0 Å². The number of aromatic nitrogens is 2. The highest BCUT2D eigenvalue weighted by Crippen LogP contribution is 2.30. The molecular weight excluding hydrogens is 310 g/mol. The third-order valence-electron chi connectivity index (χ3n) is 4.54. The van der Waals surface area contributed by atoms with Crippen LogP contribution in [-0.4, -0.2) is 29.7 Å².